The third-order valence-corrected chi connectivity index (χ3v) is 10.2. The Balaban J connectivity index is 1.39. The van der Waals surface area contributed by atoms with Crippen LogP contribution in [0, 0.1) is 0 Å². The first-order valence-electron chi connectivity index (χ1n) is 15.9. The van der Waals surface area contributed by atoms with Crippen LogP contribution in [-0.2, 0) is 0 Å². The molecule has 4 heterocycles. The smallest absolute Gasteiger partial charge is 0.256 e. The molecule has 0 saturated heterocycles. The third kappa shape index (κ3) is 3.03. The van der Waals surface area contributed by atoms with Gasteiger partial charge in [0.1, 0.15) is 11.5 Å². The monoisotopic (exact) mass is 584 g/mol. The van der Waals surface area contributed by atoms with Gasteiger partial charge in [0.2, 0.25) is 0 Å². The lowest BCUT2D eigenvalue weighted by Crippen LogP contribution is -2.58. The van der Waals surface area contributed by atoms with Crippen molar-refractivity contribution < 1.29 is 4.74 Å². The Labute approximate surface area is 265 Å². The number of rotatable bonds is 2. The summed E-state index contributed by atoms with van der Waals surface area (Å²) in [4.78, 5) is 0. The van der Waals surface area contributed by atoms with Crippen LogP contribution < -0.4 is 21.1 Å². The van der Waals surface area contributed by atoms with E-state index in [-0.39, 0.29) is 6.71 Å². The normalized spacial score (nSPS) is 12.9. The standard InChI is InChI=1S/C42H25BN2O/c1-3-13-26(14-4-1)29-24-39-41-42-40(29)31-23-30-28-17-7-10-20-34(28)44(27-15-5-2-6-16-27)36(30)25-37(31)45(42)35-21-11-8-18-32(35)43(41)33-19-9-12-22-38(33)46-39/h1-25H. The van der Waals surface area contributed by atoms with Gasteiger partial charge in [-0.15, -0.1) is 0 Å². The quantitative estimate of drug-likeness (QED) is 0.187. The molecule has 3 nitrogen and oxygen atoms in total. The molecular weight excluding hydrogens is 559 g/mol. The van der Waals surface area contributed by atoms with Gasteiger partial charge in [0, 0.05) is 32.9 Å². The fourth-order valence-electron chi connectivity index (χ4n) is 8.33. The van der Waals surface area contributed by atoms with E-state index in [1.165, 1.54) is 76.8 Å². The van der Waals surface area contributed by atoms with Crippen molar-refractivity contribution in [3.8, 4) is 34.0 Å². The molecule has 0 fully saturated rings. The molecule has 0 unspecified atom stereocenters. The van der Waals surface area contributed by atoms with Gasteiger partial charge in [-0.3, -0.25) is 0 Å². The molecule has 46 heavy (non-hydrogen) atoms. The van der Waals surface area contributed by atoms with Gasteiger partial charge in [-0.25, -0.2) is 0 Å². The van der Waals surface area contributed by atoms with E-state index in [4.69, 9.17) is 4.74 Å². The molecule has 0 radical (unpaired) electrons. The summed E-state index contributed by atoms with van der Waals surface area (Å²) in [6.07, 6.45) is 0. The van der Waals surface area contributed by atoms with E-state index >= 15 is 0 Å². The molecular formula is C42H25BN2O. The van der Waals surface area contributed by atoms with Crippen molar-refractivity contribution in [3.05, 3.63) is 152 Å². The molecule has 0 bridgehead atoms. The molecule has 11 rings (SSSR count). The largest absolute Gasteiger partial charge is 0.458 e. The average Bonchev–Trinajstić information content (AvgIpc) is 3.63. The first-order chi connectivity index (χ1) is 22.8. The van der Waals surface area contributed by atoms with Crippen molar-refractivity contribution in [3.63, 3.8) is 0 Å². The molecule has 0 atom stereocenters. The molecule has 0 N–H and O–H groups in total. The lowest BCUT2D eigenvalue weighted by molar-refractivity contribution is 0.488. The van der Waals surface area contributed by atoms with E-state index in [1.807, 2.05) is 0 Å². The van der Waals surface area contributed by atoms with E-state index in [9.17, 15) is 0 Å². The van der Waals surface area contributed by atoms with Crippen molar-refractivity contribution in [2.24, 2.45) is 0 Å². The summed E-state index contributed by atoms with van der Waals surface area (Å²) in [6, 6.07) is 55.0. The highest BCUT2D eigenvalue weighted by atomic mass is 16.5. The van der Waals surface area contributed by atoms with Gasteiger partial charge < -0.3 is 13.9 Å². The Bertz CT molecular complexity index is 2720. The minimum absolute atomic E-state index is 0.0914. The molecule has 0 spiro atoms. The number of hydrogen-bond donors (Lipinski definition) is 0. The molecule has 0 amide bonds. The van der Waals surface area contributed by atoms with Crippen LogP contribution in [0.25, 0.3) is 66.1 Å². The molecule has 2 aliphatic heterocycles. The number of fused-ring (bicyclic) bond motifs is 11. The maximum absolute atomic E-state index is 6.80. The highest BCUT2D eigenvalue weighted by Crippen LogP contribution is 2.46. The van der Waals surface area contributed by atoms with Crippen LogP contribution in [0.3, 0.4) is 0 Å². The Kier molecular flexibility index (Phi) is 4.66. The second-order valence-electron chi connectivity index (χ2n) is 12.5. The van der Waals surface area contributed by atoms with Crippen molar-refractivity contribution in [2.75, 3.05) is 0 Å². The molecule has 2 aliphatic rings. The van der Waals surface area contributed by atoms with Crippen LogP contribution in [0.1, 0.15) is 0 Å². The van der Waals surface area contributed by atoms with Crippen LogP contribution in [0.4, 0.5) is 0 Å². The maximum atomic E-state index is 6.80. The van der Waals surface area contributed by atoms with Gasteiger partial charge in [0.05, 0.1) is 22.1 Å². The first kappa shape index (κ1) is 24.3. The predicted molar refractivity (Wildman–Crippen MR) is 192 cm³/mol. The summed E-state index contributed by atoms with van der Waals surface area (Å²) in [7, 11) is 0. The van der Waals surface area contributed by atoms with E-state index in [1.54, 1.807) is 0 Å². The van der Waals surface area contributed by atoms with Crippen molar-refractivity contribution in [2.45, 2.75) is 0 Å². The fraction of sp³-hybridized carbons (Fsp3) is 0. The van der Waals surface area contributed by atoms with E-state index in [0.717, 1.165) is 17.2 Å². The summed E-state index contributed by atoms with van der Waals surface area (Å²) in [5.74, 6) is 1.88. The zero-order chi connectivity index (χ0) is 29.9. The second-order valence-corrected chi connectivity index (χ2v) is 12.5. The lowest BCUT2D eigenvalue weighted by atomic mass is 9.34. The summed E-state index contributed by atoms with van der Waals surface area (Å²) in [5.41, 5.74) is 13.4. The molecule has 7 aromatic carbocycles. The van der Waals surface area contributed by atoms with Crippen molar-refractivity contribution >= 4 is 66.7 Å². The van der Waals surface area contributed by atoms with E-state index in [0.29, 0.717) is 0 Å². The second kappa shape index (κ2) is 8.80. The van der Waals surface area contributed by atoms with Crippen LogP contribution >= 0.6 is 0 Å². The van der Waals surface area contributed by atoms with E-state index in [2.05, 4.69) is 161 Å². The van der Waals surface area contributed by atoms with E-state index < -0.39 is 0 Å². The zero-order valence-electron chi connectivity index (χ0n) is 24.8. The summed E-state index contributed by atoms with van der Waals surface area (Å²) in [5, 5.41) is 5.05. The maximum Gasteiger partial charge on any atom is 0.256 e. The molecule has 4 heteroatoms. The van der Waals surface area contributed by atoms with Crippen LogP contribution in [0.15, 0.2) is 152 Å². The lowest BCUT2D eigenvalue weighted by Gasteiger charge is -2.33. The van der Waals surface area contributed by atoms with Gasteiger partial charge >= 0.3 is 0 Å². The minimum Gasteiger partial charge on any atom is -0.458 e. The SMILES string of the molecule is c1ccc(-c2cc3c4c5c2c2cc6c7ccccc7n(-c7ccccc7)c6cc2n5-c2ccccc2B4c2ccccc2O3)cc1. The number of para-hydroxylation sites is 4. The predicted octanol–water partition coefficient (Wildman–Crippen LogP) is 8.48. The summed E-state index contributed by atoms with van der Waals surface area (Å²) >= 11 is 0. The Morgan fingerprint density at radius 1 is 0.478 bits per heavy atom. The Hall–Kier alpha value is -6.00. The molecule has 2 aromatic heterocycles. The number of hydrogen-bond acceptors (Lipinski definition) is 1. The fourth-order valence-corrected chi connectivity index (χ4v) is 8.33. The highest BCUT2D eigenvalue weighted by molar-refractivity contribution is 6.99. The molecule has 212 valence electrons. The number of aromatic nitrogens is 2. The van der Waals surface area contributed by atoms with Gasteiger partial charge in [-0.1, -0.05) is 103 Å². The molecule has 0 aliphatic carbocycles. The minimum atomic E-state index is 0.0914. The van der Waals surface area contributed by atoms with Crippen molar-refractivity contribution in [1.82, 2.24) is 9.13 Å². The van der Waals surface area contributed by atoms with Gasteiger partial charge in [0.15, 0.2) is 0 Å². The van der Waals surface area contributed by atoms with Gasteiger partial charge in [-0.2, -0.15) is 0 Å². The highest BCUT2D eigenvalue weighted by Gasteiger charge is 2.41. The number of nitrogens with zero attached hydrogens (tertiary/aromatic N) is 2. The average molecular weight is 584 g/mol. The van der Waals surface area contributed by atoms with Crippen molar-refractivity contribution in [1.29, 1.82) is 0 Å². The molecule has 9 aromatic rings. The number of benzene rings is 7. The van der Waals surface area contributed by atoms with Gasteiger partial charge in [-0.05, 0) is 76.0 Å². The third-order valence-electron chi connectivity index (χ3n) is 10.2. The zero-order valence-corrected chi connectivity index (χ0v) is 24.8. The Morgan fingerprint density at radius 3 is 2.04 bits per heavy atom. The summed E-state index contributed by atoms with van der Waals surface area (Å²) < 4.78 is 11.7. The van der Waals surface area contributed by atoms with Crippen LogP contribution in [0.2, 0.25) is 0 Å². The summed E-state index contributed by atoms with van der Waals surface area (Å²) in [6.45, 7) is 0.0914. The Morgan fingerprint density at radius 2 is 1.17 bits per heavy atom. The number of ether oxygens (including phenoxy) is 1. The molecule has 0 saturated carbocycles. The topological polar surface area (TPSA) is 19.1 Å². The van der Waals surface area contributed by atoms with Gasteiger partial charge in [0.25, 0.3) is 6.71 Å². The van der Waals surface area contributed by atoms with Crippen LogP contribution in [-0.4, -0.2) is 15.8 Å². The first-order valence-corrected chi connectivity index (χ1v) is 15.9. The van der Waals surface area contributed by atoms with Crippen LogP contribution in [0.5, 0.6) is 11.5 Å².